The van der Waals surface area contributed by atoms with Crippen molar-refractivity contribution in [3.63, 3.8) is 0 Å². The quantitative estimate of drug-likeness (QED) is 0.209. The zero-order valence-electron chi connectivity index (χ0n) is 25.8. The standard InChI is InChI=1S/C36H39F2N3O3S/c1-22-20-41-31(24-6-4-5-23(17-24)7-10-33(42)43)11-14-36(2,3)21-45-16-13-27-26-12-15-40-32(26)19-30(38)35(27)44-25-8-9-29(37)28(18-25)34(22)39/h4-6,8-9,12,15,17-20,31,40H,7,10-11,13-14,16,21,39H2,1-3H3,(H,42,43). The number of hydrogen-bond donors (Lipinski definition) is 3. The van der Waals surface area contributed by atoms with Crippen molar-refractivity contribution in [3.05, 3.63) is 100 Å². The number of hydrogen-bond acceptors (Lipinski definition) is 5. The van der Waals surface area contributed by atoms with Crippen LogP contribution >= 0.6 is 11.8 Å². The summed E-state index contributed by atoms with van der Waals surface area (Å²) < 4.78 is 36.7. The molecular formula is C36H39F2N3O3S. The number of aromatic nitrogens is 1. The van der Waals surface area contributed by atoms with Crippen molar-refractivity contribution >= 4 is 40.5 Å². The molecule has 1 unspecified atom stereocenters. The monoisotopic (exact) mass is 631 g/mol. The number of carbonyl (C=O) groups is 1. The highest BCUT2D eigenvalue weighted by atomic mass is 32.2. The fourth-order valence-electron chi connectivity index (χ4n) is 5.61. The molecule has 3 aromatic carbocycles. The Bertz CT molecular complexity index is 1760. The number of allylic oxidation sites excluding steroid dienone is 1. The van der Waals surface area contributed by atoms with E-state index in [1.54, 1.807) is 19.3 Å². The first-order valence-corrected chi connectivity index (χ1v) is 16.3. The summed E-state index contributed by atoms with van der Waals surface area (Å²) in [5, 5.41) is 10.1. The number of carboxylic acid groups (broad SMARTS) is 1. The van der Waals surface area contributed by atoms with Crippen LogP contribution in [0.1, 0.15) is 68.3 Å². The Kier molecular flexibility index (Phi) is 9.97. The summed E-state index contributed by atoms with van der Waals surface area (Å²) in [5.41, 5.74) is 10.8. The lowest BCUT2D eigenvalue weighted by atomic mass is 9.86. The Balaban J connectivity index is 1.54. The minimum absolute atomic E-state index is 0.0139. The van der Waals surface area contributed by atoms with Gasteiger partial charge in [-0.05, 0) is 90.5 Å². The highest BCUT2D eigenvalue weighted by molar-refractivity contribution is 7.99. The number of aromatic amines is 1. The van der Waals surface area contributed by atoms with Crippen LogP contribution in [-0.2, 0) is 17.6 Å². The molecule has 0 radical (unpaired) electrons. The average Bonchev–Trinajstić information content (AvgIpc) is 3.47. The maximum atomic E-state index is 15.4. The van der Waals surface area contributed by atoms with E-state index < -0.39 is 17.6 Å². The molecular weight excluding hydrogens is 592 g/mol. The summed E-state index contributed by atoms with van der Waals surface area (Å²) in [4.78, 5) is 19.2. The van der Waals surface area contributed by atoms with Gasteiger partial charge in [-0.2, -0.15) is 11.8 Å². The van der Waals surface area contributed by atoms with Crippen LogP contribution in [-0.4, -0.2) is 33.8 Å². The molecule has 0 amide bonds. The smallest absolute Gasteiger partial charge is 0.303 e. The van der Waals surface area contributed by atoms with E-state index in [-0.39, 0.29) is 40.6 Å². The Hall–Kier alpha value is -4.11. The van der Waals surface area contributed by atoms with E-state index in [1.807, 2.05) is 42.1 Å². The molecule has 0 saturated carbocycles. The second-order valence-corrected chi connectivity index (χ2v) is 13.5. The Labute approximate surface area is 266 Å². The molecule has 0 aliphatic carbocycles. The van der Waals surface area contributed by atoms with Crippen LogP contribution < -0.4 is 10.5 Å². The minimum Gasteiger partial charge on any atom is -0.481 e. The van der Waals surface area contributed by atoms with Crippen molar-refractivity contribution in [2.75, 3.05) is 11.5 Å². The number of aliphatic carboxylic acids is 1. The molecule has 1 aliphatic heterocycles. The normalized spacial score (nSPS) is 17.8. The predicted octanol–water partition coefficient (Wildman–Crippen LogP) is 8.85. The van der Waals surface area contributed by atoms with Gasteiger partial charge in [-0.15, -0.1) is 0 Å². The molecule has 5 rings (SSSR count). The lowest BCUT2D eigenvalue weighted by molar-refractivity contribution is -0.136. The lowest BCUT2D eigenvalue weighted by Crippen LogP contribution is -2.17. The van der Waals surface area contributed by atoms with Crippen LogP contribution in [0.3, 0.4) is 0 Å². The first-order chi connectivity index (χ1) is 21.5. The van der Waals surface area contributed by atoms with Crippen LogP contribution in [0.25, 0.3) is 16.6 Å². The van der Waals surface area contributed by atoms with E-state index in [2.05, 4.69) is 18.8 Å². The first-order valence-electron chi connectivity index (χ1n) is 15.1. The molecule has 0 fully saturated rings. The second kappa shape index (κ2) is 13.9. The van der Waals surface area contributed by atoms with E-state index >= 15 is 8.78 Å². The molecule has 0 spiro atoms. The van der Waals surface area contributed by atoms with Gasteiger partial charge in [-0.3, -0.25) is 9.79 Å². The van der Waals surface area contributed by atoms with Gasteiger partial charge in [0.05, 0.1) is 6.04 Å². The van der Waals surface area contributed by atoms with Gasteiger partial charge in [0.2, 0.25) is 0 Å². The molecule has 1 aliphatic rings. The largest absolute Gasteiger partial charge is 0.481 e. The fraction of sp³-hybridized carbons (Fsp3) is 0.333. The van der Waals surface area contributed by atoms with E-state index in [4.69, 9.17) is 20.6 Å². The van der Waals surface area contributed by atoms with Gasteiger partial charge in [0.1, 0.15) is 11.6 Å². The summed E-state index contributed by atoms with van der Waals surface area (Å²) in [6.07, 6.45) is 6.19. The Morgan fingerprint density at radius 3 is 2.78 bits per heavy atom. The maximum Gasteiger partial charge on any atom is 0.303 e. The van der Waals surface area contributed by atoms with E-state index in [9.17, 15) is 4.79 Å². The van der Waals surface area contributed by atoms with Crippen molar-refractivity contribution in [1.29, 1.82) is 0 Å². The summed E-state index contributed by atoms with van der Waals surface area (Å²) in [7, 11) is 0. The van der Waals surface area contributed by atoms with Gasteiger partial charge in [0.15, 0.2) is 11.6 Å². The number of H-pyrrole nitrogens is 1. The second-order valence-electron chi connectivity index (χ2n) is 12.4. The number of carboxylic acids is 1. The van der Waals surface area contributed by atoms with E-state index in [1.165, 1.54) is 24.3 Å². The molecule has 1 atom stereocenters. The van der Waals surface area contributed by atoms with Gasteiger partial charge in [0, 0.05) is 52.6 Å². The van der Waals surface area contributed by atoms with Crippen LogP contribution in [0, 0.1) is 17.0 Å². The molecule has 6 nitrogen and oxygen atoms in total. The number of aryl methyl sites for hydroxylation is 2. The van der Waals surface area contributed by atoms with Crippen LogP contribution in [0.5, 0.6) is 11.5 Å². The van der Waals surface area contributed by atoms with Crippen molar-refractivity contribution in [3.8, 4) is 11.5 Å². The summed E-state index contributed by atoms with van der Waals surface area (Å²) >= 11 is 1.82. The third kappa shape index (κ3) is 7.95. The topological polar surface area (TPSA) is 101 Å². The highest BCUT2D eigenvalue weighted by Gasteiger charge is 2.23. The van der Waals surface area contributed by atoms with Gasteiger partial charge in [-0.1, -0.05) is 38.1 Å². The number of ether oxygens (including phenoxy) is 1. The van der Waals surface area contributed by atoms with Crippen molar-refractivity contribution in [2.24, 2.45) is 16.1 Å². The summed E-state index contributed by atoms with van der Waals surface area (Å²) in [5.74, 6) is 0.227. The number of thioether (sulfide) groups is 1. The minimum atomic E-state index is -0.835. The van der Waals surface area contributed by atoms with Crippen molar-refractivity contribution in [1.82, 2.24) is 4.98 Å². The van der Waals surface area contributed by atoms with Crippen LogP contribution in [0.15, 0.2) is 71.4 Å². The highest BCUT2D eigenvalue weighted by Crippen LogP contribution is 2.38. The van der Waals surface area contributed by atoms with E-state index in [0.717, 1.165) is 46.4 Å². The molecule has 4 aromatic rings. The maximum absolute atomic E-state index is 15.4. The third-order valence-corrected chi connectivity index (χ3v) is 9.71. The lowest BCUT2D eigenvalue weighted by Gasteiger charge is -2.26. The zero-order valence-corrected chi connectivity index (χ0v) is 26.6. The number of nitrogens with zero attached hydrogens (tertiary/aromatic N) is 1. The number of halogens is 2. The SMILES string of the molecule is CC1=C(N)c2cc(ccc2F)Oc2c(F)cc3[nH]ccc3c2CCSCC(C)(C)CCC(c2cccc(CCC(=O)O)c2)N=C1. The molecule has 45 heavy (non-hydrogen) atoms. The van der Waals surface area contributed by atoms with Gasteiger partial charge >= 0.3 is 5.97 Å². The molecule has 1 aromatic heterocycles. The predicted molar refractivity (Wildman–Crippen MR) is 179 cm³/mol. The number of fused-ring (bicyclic) bond motifs is 5. The molecule has 236 valence electrons. The van der Waals surface area contributed by atoms with Gasteiger partial charge in [0.25, 0.3) is 0 Å². The molecule has 4 N–H and O–H groups in total. The van der Waals surface area contributed by atoms with Crippen molar-refractivity contribution < 1.29 is 23.4 Å². The van der Waals surface area contributed by atoms with Crippen LogP contribution in [0.2, 0.25) is 0 Å². The molecule has 2 bridgehead atoms. The molecule has 9 heteroatoms. The number of nitrogens with two attached hydrogens (primary N) is 1. The molecule has 2 heterocycles. The number of benzene rings is 3. The third-order valence-electron chi connectivity index (χ3n) is 8.23. The summed E-state index contributed by atoms with van der Waals surface area (Å²) in [6, 6.07) is 15.3. The molecule has 0 saturated heterocycles. The van der Waals surface area contributed by atoms with Crippen molar-refractivity contribution in [2.45, 2.75) is 58.9 Å². The Morgan fingerprint density at radius 2 is 1.98 bits per heavy atom. The van der Waals surface area contributed by atoms with E-state index in [0.29, 0.717) is 23.9 Å². The number of nitrogens with one attached hydrogen (secondary N) is 1. The van der Waals surface area contributed by atoms with Gasteiger partial charge in [-0.25, -0.2) is 8.78 Å². The van der Waals surface area contributed by atoms with Gasteiger partial charge < -0.3 is 20.6 Å². The zero-order chi connectivity index (χ0) is 32.1. The van der Waals surface area contributed by atoms with Crippen LogP contribution in [0.4, 0.5) is 8.78 Å². The fourth-order valence-corrected chi connectivity index (χ4v) is 6.80. The summed E-state index contributed by atoms with van der Waals surface area (Å²) in [6.45, 7) is 6.26. The number of rotatable bonds is 4. The first kappa shape index (κ1) is 32.3. The Morgan fingerprint density at radius 1 is 1.16 bits per heavy atom. The number of aliphatic imine (C=N–C) groups is 1. The average molecular weight is 632 g/mol.